The van der Waals surface area contributed by atoms with Gasteiger partial charge in [0.05, 0.1) is 5.52 Å². The molecule has 1 aromatic heterocycles. The van der Waals surface area contributed by atoms with E-state index in [1.54, 1.807) is 6.07 Å². The summed E-state index contributed by atoms with van der Waals surface area (Å²) in [7, 11) is 2.16. The zero-order valence-electron chi connectivity index (χ0n) is 15.2. The van der Waals surface area contributed by atoms with E-state index in [1.807, 2.05) is 13.0 Å². The fourth-order valence-electron chi connectivity index (χ4n) is 3.41. The number of piperazine rings is 1. The van der Waals surface area contributed by atoms with E-state index in [2.05, 4.69) is 51.4 Å². The van der Waals surface area contributed by atoms with Crippen LogP contribution in [-0.2, 0) is 0 Å². The highest BCUT2D eigenvalue weighted by Gasteiger charge is 2.14. The van der Waals surface area contributed by atoms with Crippen LogP contribution in [0, 0.1) is 12.7 Å². The van der Waals surface area contributed by atoms with Crippen molar-refractivity contribution in [1.29, 1.82) is 0 Å². The van der Waals surface area contributed by atoms with Gasteiger partial charge in [0.25, 0.3) is 0 Å². The molecule has 1 N–H and O–H groups in total. The van der Waals surface area contributed by atoms with Crippen LogP contribution in [0.25, 0.3) is 10.9 Å². The number of rotatable bonds is 3. The Labute approximate surface area is 153 Å². The number of benzene rings is 2. The molecular formula is C21H23FN4. The zero-order chi connectivity index (χ0) is 18.1. The molecule has 0 atom stereocenters. The summed E-state index contributed by atoms with van der Waals surface area (Å²) in [6.07, 6.45) is 0. The first kappa shape index (κ1) is 16.8. The van der Waals surface area contributed by atoms with E-state index in [0.717, 1.165) is 48.6 Å². The number of nitrogens with zero attached hydrogens (tertiary/aromatic N) is 3. The van der Waals surface area contributed by atoms with Gasteiger partial charge in [-0.25, -0.2) is 4.39 Å². The molecule has 0 aliphatic carbocycles. The molecule has 2 heterocycles. The van der Waals surface area contributed by atoms with E-state index in [4.69, 9.17) is 0 Å². The highest BCUT2D eigenvalue weighted by atomic mass is 19.1. The van der Waals surface area contributed by atoms with Crippen LogP contribution in [0.4, 0.5) is 21.5 Å². The second kappa shape index (κ2) is 6.92. The summed E-state index contributed by atoms with van der Waals surface area (Å²) in [5.74, 6) is -0.266. The molecule has 0 spiro atoms. The number of aromatic nitrogens is 1. The summed E-state index contributed by atoms with van der Waals surface area (Å²) in [5, 5.41) is 4.37. The molecule has 0 bridgehead atoms. The third-order valence-corrected chi connectivity index (χ3v) is 4.91. The first-order valence-corrected chi connectivity index (χ1v) is 8.96. The van der Waals surface area contributed by atoms with Gasteiger partial charge in [-0.1, -0.05) is 0 Å². The molecule has 1 fully saturated rings. The monoisotopic (exact) mass is 350 g/mol. The van der Waals surface area contributed by atoms with Gasteiger partial charge in [0.15, 0.2) is 0 Å². The van der Waals surface area contributed by atoms with Gasteiger partial charge in [0, 0.05) is 60.4 Å². The van der Waals surface area contributed by atoms with E-state index < -0.39 is 0 Å². The second-order valence-electron chi connectivity index (χ2n) is 6.93. The molecule has 4 nitrogen and oxygen atoms in total. The number of hydrogen-bond acceptors (Lipinski definition) is 4. The molecule has 0 saturated carbocycles. The highest BCUT2D eigenvalue weighted by molar-refractivity contribution is 5.93. The topological polar surface area (TPSA) is 31.4 Å². The molecule has 4 rings (SSSR count). The van der Waals surface area contributed by atoms with Crippen LogP contribution in [0.2, 0.25) is 0 Å². The molecule has 2 aromatic carbocycles. The Balaban J connectivity index is 1.57. The van der Waals surface area contributed by atoms with E-state index in [1.165, 1.54) is 17.8 Å². The Morgan fingerprint density at radius 3 is 2.42 bits per heavy atom. The highest BCUT2D eigenvalue weighted by Crippen LogP contribution is 2.28. The van der Waals surface area contributed by atoms with E-state index in [0.29, 0.717) is 5.52 Å². The van der Waals surface area contributed by atoms with Crippen LogP contribution < -0.4 is 10.2 Å². The van der Waals surface area contributed by atoms with Crippen LogP contribution in [0.15, 0.2) is 48.5 Å². The van der Waals surface area contributed by atoms with Crippen LogP contribution in [0.3, 0.4) is 0 Å². The number of nitrogens with one attached hydrogen (secondary N) is 1. The third-order valence-electron chi connectivity index (χ3n) is 4.91. The Morgan fingerprint density at radius 2 is 1.69 bits per heavy atom. The van der Waals surface area contributed by atoms with Crippen LogP contribution in [-0.4, -0.2) is 43.1 Å². The Morgan fingerprint density at radius 1 is 0.962 bits per heavy atom. The van der Waals surface area contributed by atoms with Crippen molar-refractivity contribution in [3.05, 3.63) is 60.0 Å². The maximum atomic E-state index is 13.5. The molecule has 0 amide bonds. The molecule has 5 heteroatoms. The van der Waals surface area contributed by atoms with Gasteiger partial charge in [-0.15, -0.1) is 0 Å². The van der Waals surface area contributed by atoms with E-state index in [-0.39, 0.29) is 5.82 Å². The predicted molar refractivity (Wildman–Crippen MR) is 106 cm³/mol. The Bertz CT molecular complexity index is 910. The summed E-state index contributed by atoms with van der Waals surface area (Å²) >= 11 is 0. The van der Waals surface area contributed by atoms with E-state index in [9.17, 15) is 4.39 Å². The lowest BCUT2D eigenvalue weighted by molar-refractivity contribution is 0.313. The number of pyridine rings is 1. The summed E-state index contributed by atoms with van der Waals surface area (Å²) in [4.78, 5) is 9.20. The summed E-state index contributed by atoms with van der Waals surface area (Å²) in [5.41, 5.74) is 4.74. The minimum Gasteiger partial charge on any atom is -0.369 e. The lowest BCUT2D eigenvalue weighted by atomic mass is 10.1. The fraction of sp³-hybridized carbons (Fsp3) is 0.286. The molecule has 1 aliphatic heterocycles. The second-order valence-corrected chi connectivity index (χ2v) is 6.93. The standard InChI is InChI=1S/C21H23FN4/c1-15-13-20(19-8-3-16(22)14-21(19)23-15)24-17-4-6-18(7-5-17)26-11-9-25(2)10-12-26/h3-8,13-14H,9-12H2,1-2H3,(H,23,24). The molecule has 0 unspecified atom stereocenters. The van der Waals surface area contributed by atoms with Crippen molar-refractivity contribution >= 4 is 28.0 Å². The SMILES string of the molecule is Cc1cc(Nc2ccc(N3CCN(C)CC3)cc2)c2ccc(F)cc2n1. The zero-order valence-corrected chi connectivity index (χ0v) is 15.2. The molecule has 26 heavy (non-hydrogen) atoms. The number of aryl methyl sites for hydroxylation is 1. The molecule has 134 valence electrons. The number of hydrogen-bond donors (Lipinski definition) is 1. The van der Waals surface area contributed by atoms with Crippen molar-refractivity contribution in [2.45, 2.75) is 6.92 Å². The fourth-order valence-corrected chi connectivity index (χ4v) is 3.41. The predicted octanol–water partition coefficient (Wildman–Crippen LogP) is 4.18. The van der Waals surface area contributed by atoms with Crippen molar-refractivity contribution in [2.24, 2.45) is 0 Å². The largest absolute Gasteiger partial charge is 0.369 e. The summed E-state index contributed by atoms with van der Waals surface area (Å²) in [6.45, 7) is 6.23. The normalized spacial score (nSPS) is 15.4. The quantitative estimate of drug-likeness (QED) is 0.768. The maximum absolute atomic E-state index is 13.5. The van der Waals surface area contributed by atoms with Gasteiger partial charge >= 0.3 is 0 Å². The lowest BCUT2D eigenvalue weighted by Gasteiger charge is -2.34. The lowest BCUT2D eigenvalue weighted by Crippen LogP contribution is -2.44. The van der Waals surface area contributed by atoms with Crippen LogP contribution in [0.5, 0.6) is 0 Å². The molecule has 3 aromatic rings. The van der Waals surface area contributed by atoms with Gasteiger partial charge in [-0.3, -0.25) is 4.98 Å². The smallest absolute Gasteiger partial charge is 0.125 e. The Kier molecular flexibility index (Phi) is 4.47. The summed E-state index contributed by atoms with van der Waals surface area (Å²) < 4.78 is 13.5. The van der Waals surface area contributed by atoms with Crippen molar-refractivity contribution in [2.75, 3.05) is 43.4 Å². The minimum absolute atomic E-state index is 0.266. The van der Waals surface area contributed by atoms with Gasteiger partial charge in [-0.2, -0.15) is 0 Å². The average molecular weight is 350 g/mol. The van der Waals surface area contributed by atoms with Crippen molar-refractivity contribution in [3.8, 4) is 0 Å². The van der Waals surface area contributed by atoms with Crippen LogP contribution in [0.1, 0.15) is 5.69 Å². The Hall–Kier alpha value is -2.66. The number of anilines is 3. The van der Waals surface area contributed by atoms with Crippen molar-refractivity contribution < 1.29 is 4.39 Å². The van der Waals surface area contributed by atoms with Gasteiger partial charge in [0.1, 0.15) is 5.82 Å². The van der Waals surface area contributed by atoms with E-state index >= 15 is 0 Å². The van der Waals surface area contributed by atoms with Crippen molar-refractivity contribution in [1.82, 2.24) is 9.88 Å². The van der Waals surface area contributed by atoms with Gasteiger partial charge in [-0.05, 0) is 56.4 Å². The maximum Gasteiger partial charge on any atom is 0.125 e. The minimum atomic E-state index is -0.266. The first-order chi connectivity index (χ1) is 12.6. The average Bonchev–Trinajstić information content (AvgIpc) is 2.62. The van der Waals surface area contributed by atoms with Gasteiger partial charge < -0.3 is 15.1 Å². The third kappa shape index (κ3) is 3.48. The first-order valence-electron chi connectivity index (χ1n) is 8.96. The number of fused-ring (bicyclic) bond motifs is 1. The summed E-state index contributed by atoms with van der Waals surface area (Å²) in [6, 6.07) is 15.2. The number of halogens is 1. The molecule has 1 saturated heterocycles. The van der Waals surface area contributed by atoms with Crippen molar-refractivity contribution in [3.63, 3.8) is 0 Å². The van der Waals surface area contributed by atoms with Gasteiger partial charge in [0.2, 0.25) is 0 Å². The molecule has 0 radical (unpaired) electrons. The molecule has 1 aliphatic rings. The molecular weight excluding hydrogens is 327 g/mol. The van der Waals surface area contributed by atoms with Crippen LogP contribution >= 0.6 is 0 Å². The number of likely N-dealkylation sites (N-methyl/N-ethyl adjacent to an activating group) is 1.